The Balaban J connectivity index is 1.93. The van der Waals surface area contributed by atoms with Crippen molar-refractivity contribution in [3.63, 3.8) is 0 Å². The van der Waals surface area contributed by atoms with Crippen molar-refractivity contribution in [2.24, 2.45) is 0 Å². The van der Waals surface area contributed by atoms with Crippen LogP contribution in [0.3, 0.4) is 0 Å². The maximum Gasteiger partial charge on any atom is 0.349 e. The van der Waals surface area contributed by atoms with Crippen LogP contribution >= 0.6 is 0 Å². The molecule has 124 valence electrons. The summed E-state index contributed by atoms with van der Waals surface area (Å²) in [6, 6.07) is 10.2. The maximum atomic E-state index is 6.51. The zero-order chi connectivity index (χ0) is 16.4. The van der Waals surface area contributed by atoms with E-state index in [1.54, 1.807) is 0 Å². The molecule has 1 atom stereocenters. The highest BCUT2D eigenvalue weighted by molar-refractivity contribution is 6.73. The molecule has 1 aliphatic heterocycles. The van der Waals surface area contributed by atoms with Crippen molar-refractivity contribution in [2.75, 3.05) is 13.2 Å². The van der Waals surface area contributed by atoms with E-state index in [1.807, 2.05) is 18.2 Å². The van der Waals surface area contributed by atoms with E-state index in [9.17, 15) is 0 Å². The summed E-state index contributed by atoms with van der Waals surface area (Å²) in [4.78, 5) is 0. The molecule has 1 saturated heterocycles. The van der Waals surface area contributed by atoms with Gasteiger partial charge >= 0.3 is 8.56 Å². The summed E-state index contributed by atoms with van der Waals surface area (Å²) in [5, 5.41) is 0.0822. The Morgan fingerprint density at radius 3 is 2.14 bits per heavy atom. The van der Waals surface area contributed by atoms with Crippen molar-refractivity contribution in [1.29, 1.82) is 0 Å². The van der Waals surface area contributed by atoms with Crippen LogP contribution in [0.15, 0.2) is 30.3 Å². The SMILES string of the molecule is CC(C)(C)[Si]1(C(C)(C)C)OCC(COCc2ccccc2)O1. The molecule has 2 rings (SSSR count). The molecule has 1 aliphatic rings. The molecule has 1 fully saturated rings. The largest absolute Gasteiger partial charge is 0.391 e. The van der Waals surface area contributed by atoms with Gasteiger partial charge in [-0.05, 0) is 5.56 Å². The second-order valence-corrected chi connectivity index (χ2v) is 12.9. The second-order valence-electron chi connectivity index (χ2n) is 8.17. The third kappa shape index (κ3) is 3.62. The average Bonchev–Trinajstić information content (AvgIpc) is 2.85. The standard InChI is InChI=1S/C18H30O3Si/c1-17(2,3)22(18(4,5)6)20-14-16(21-22)13-19-12-15-10-8-7-9-11-15/h7-11,16H,12-14H2,1-6H3. The van der Waals surface area contributed by atoms with Crippen molar-refractivity contribution in [3.8, 4) is 0 Å². The lowest BCUT2D eigenvalue weighted by Crippen LogP contribution is -2.54. The van der Waals surface area contributed by atoms with Crippen LogP contribution in [0.25, 0.3) is 0 Å². The van der Waals surface area contributed by atoms with Crippen molar-refractivity contribution >= 4 is 8.56 Å². The van der Waals surface area contributed by atoms with Gasteiger partial charge in [0, 0.05) is 10.1 Å². The second kappa shape index (κ2) is 6.44. The van der Waals surface area contributed by atoms with Crippen LogP contribution in [0.2, 0.25) is 10.1 Å². The molecule has 0 aromatic heterocycles. The first-order valence-corrected chi connectivity index (χ1v) is 9.91. The minimum Gasteiger partial charge on any atom is -0.391 e. The van der Waals surface area contributed by atoms with E-state index in [0.717, 1.165) is 0 Å². The average molecular weight is 323 g/mol. The Hall–Kier alpha value is -0.683. The zero-order valence-electron chi connectivity index (χ0n) is 14.8. The number of benzene rings is 1. The molecule has 0 amide bonds. The minimum absolute atomic E-state index is 0.0411. The summed E-state index contributed by atoms with van der Waals surface area (Å²) in [6.45, 7) is 15.3. The lowest BCUT2D eigenvalue weighted by atomic mass is 10.2. The van der Waals surface area contributed by atoms with Crippen LogP contribution in [0, 0.1) is 0 Å². The van der Waals surface area contributed by atoms with Crippen LogP contribution in [-0.4, -0.2) is 27.9 Å². The predicted octanol–water partition coefficient (Wildman–Crippen LogP) is 4.66. The molecule has 1 unspecified atom stereocenters. The van der Waals surface area contributed by atoms with E-state index in [-0.39, 0.29) is 16.2 Å². The number of rotatable bonds is 4. The van der Waals surface area contributed by atoms with Crippen molar-refractivity contribution in [3.05, 3.63) is 35.9 Å². The van der Waals surface area contributed by atoms with Gasteiger partial charge in [0.05, 0.1) is 25.9 Å². The summed E-state index contributed by atoms with van der Waals surface area (Å²) in [6.07, 6.45) is 0.0498. The zero-order valence-corrected chi connectivity index (χ0v) is 15.8. The summed E-state index contributed by atoms with van der Waals surface area (Å²) in [5.74, 6) is 0. The monoisotopic (exact) mass is 322 g/mol. The highest BCUT2D eigenvalue weighted by Gasteiger charge is 2.62. The number of hydrogen-bond acceptors (Lipinski definition) is 3. The van der Waals surface area contributed by atoms with Gasteiger partial charge in [0.2, 0.25) is 0 Å². The fourth-order valence-corrected chi connectivity index (χ4v) is 8.31. The predicted molar refractivity (Wildman–Crippen MR) is 92.1 cm³/mol. The first-order chi connectivity index (χ1) is 10.2. The van der Waals surface area contributed by atoms with Crippen molar-refractivity contribution in [2.45, 2.75) is 64.3 Å². The lowest BCUT2D eigenvalue weighted by molar-refractivity contribution is 0.0458. The van der Waals surface area contributed by atoms with Crippen molar-refractivity contribution < 1.29 is 13.6 Å². The normalized spacial score (nSPS) is 22.0. The van der Waals surface area contributed by atoms with Crippen LogP contribution < -0.4 is 0 Å². The first kappa shape index (κ1) is 17.7. The summed E-state index contributed by atoms with van der Waals surface area (Å²) in [7, 11) is -2.31. The van der Waals surface area contributed by atoms with Gasteiger partial charge in [-0.25, -0.2) is 0 Å². The van der Waals surface area contributed by atoms with Crippen LogP contribution in [0.1, 0.15) is 47.1 Å². The molecule has 0 radical (unpaired) electrons. The van der Waals surface area contributed by atoms with Gasteiger partial charge in [0.15, 0.2) is 0 Å². The van der Waals surface area contributed by atoms with Gasteiger partial charge in [-0.2, -0.15) is 0 Å². The molecule has 1 aromatic rings. The van der Waals surface area contributed by atoms with Crippen molar-refractivity contribution in [1.82, 2.24) is 0 Å². The molecule has 0 bridgehead atoms. The first-order valence-electron chi connectivity index (χ1n) is 8.09. The fourth-order valence-electron chi connectivity index (χ4n) is 3.39. The minimum atomic E-state index is -2.31. The molecule has 4 heteroatoms. The van der Waals surface area contributed by atoms with Crippen LogP contribution in [0.5, 0.6) is 0 Å². The summed E-state index contributed by atoms with van der Waals surface area (Å²) in [5.41, 5.74) is 1.19. The summed E-state index contributed by atoms with van der Waals surface area (Å²) < 4.78 is 18.7. The molecule has 22 heavy (non-hydrogen) atoms. The molecule has 0 spiro atoms. The molecular formula is C18H30O3Si. The topological polar surface area (TPSA) is 27.7 Å². The third-order valence-electron chi connectivity index (χ3n) is 4.20. The lowest BCUT2D eigenvalue weighted by Gasteiger charge is -2.45. The van der Waals surface area contributed by atoms with E-state index in [2.05, 4.69) is 53.7 Å². The Bertz CT molecular complexity index is 459. The molecule has 1 aromatic carbocycles. The Labute approximate surface area is 136 Å². The molecule has 3 nitrogen and oxygen atoms in total. The van der Waals surface area contributed by atoms with E-state index in [1.165, 1.54) is 5.56 Å². The van der Waals surface area contributed by atoms with Gasteiger partial charge in [-0.3, -0.25) is 0 Å². The molecule has 0 aliphatic carbocycles. The summed E-state index contributed by atoms with van der Waals surface area (Å²) >= 11 is 0. The molecule has 0 N–H and O–H groups in total. The quantitative estimate of drug-likeness (QED) is 0.755. The van der Waals surface area contributed by atoms with E-state index >= 15 is 0 Å². The van der Waals surface area contributed by atoms with Gasteiger partial charge in [0.25, 0.3) is 0 Å². The Kier molecular flexibility index (Phi) is 5.17. The Morgan fingerprint density at radius 2 is 1.64 bits per heavy atom. The number of hydrogen-bond donors (Lipinski definition) is 0. The van der Waals surface area contributed by atoms with Gasteiger partial charge in [0.1, 0.15) is 0 Å². The highest BCUT2D eigenvalue weighted by Crippen LogP contribution is 2.54. The van der Waals surface area contributed by atoms with Gasteiger partial charge in [-0.15, -0.1) is 0 Å². The van der Waals surface area contributed by atoms with Crippen LogP contribution in [-0.2, 0) is 20.2 Å². The van der Waals surface area contributed by atoms with Gasteiger partial charge < -0.3 is 13.6 Å². The number of ether oxygens (including phenoxy) is 1. The van der Waals surface area contributed by atoms with E-state index in [4.69, 9.17) is 13.6 Å². The smallest absolute Gasteiger partial charge is 0.349 e. The highest BCUT2D eigenvalue weighted by atomic mass is 28.4. The molecular weight excluding hydrogens is 292 g/mol. The van der Waals surface area contributed by atoms with E-state index in [0.29, 0.717) is 19.8 Å². The Morgan fingerprint density at radius 1 is 1.05 bits per heavy atom. The van der Waals surface area contributed by atoms with Gasteiger partial charge in [-0.1, -0.05) is 71.9 Å². The fraction of sp³-hybridized carbons (Fsp3) is 0.667. The molecule has 0 saturated carbocycles. The maximum absolute atomic E-state index is 6.51. The molecule has 1 heterocycles. The van der Waals surface area contributed by atoms with Crippen LogP contribution in [0.4, 0.5) is 0 Å². The third-order valence-corrected chi connectivity index (χ3v) is 9.38. The van der Waals surface area contributed by atoms with E-state index < -0.39 is 8.56 Å².